The summed E-state index contributed by atoms with van der Waals surface area (Å²) in [6, 6.07) is 0.0817. The van der Waals surface area contributed by atoms with Gasteiger partial charge in [0.05, 0.1) is 6.04 Å². The number of nitrogens with two attached hydrogens (primary N) is 1. The van der Waals surface area contributed by atoms with E-state index < -0.39 is 29.6 Å². The van der Waals surface area contributed by atoms with Crippen LogP contribution in [0.25, 0.3) is 0 Å². The summed E-state index contributed by atoms with van der Waals surface area (Å²) in [4.78, 5) is 0. The molecule has 0 aliphatic carbocycles. The van der Waals surface area contributed by atoms with E-state index in [-0.39, 0.29) is 5.02 Å². The zero-order valence-electron chi connectivity index (χ0n) is 6.85. The van der Waals surface area contributed by atoms with Crippen LogP contribution in [0.1, 0.15) is 11.6 Å². The topological polar surface area (TPSA) is 46.2 Å². The first-order valence-electron chi connectivity index (χ1n) is 3.65. The van der Waals surface area contributed by atoms with Gasteiger partial charge in [-0.05, 0) is 12.1 Å². The molecule has 0 aliphatic rings. The summed E-state index contributed by atoms with van der Waals surface area (Å²) in [5.74, 6) is -1.95. The van der Waals surface area contributed by atoms with E-state index in [4.69, 9.17) is 22.4 Å². The van der Waals surface area contributed by atoms with E-state index in [9.17, 15) is 13.2 Å². The van der Waals surface area contributed by atoms with Gasteiger partial charge in [0.25, 0.3) is 6.43 Å². The summed E-state index contributed by atoms with van der Waals surface area (Å²) in [6.07, 6.45) is -2.89. The monoisotopic (exact) mass is 225 g/mol. The number of halogens is 4. The number of hydrogen-bond acceptors (Lipinski definition) is 2. The van der Waals surface area contributed by atoms with Gasteiger partial charge < -0.3 is 10.8 Å². The van der Waals surface area contributed by atoms with Gasteiger partial charge in [0.15, 0.2) is 11.6 Å². The molecular weight excluding hydrogens is 219 g/mol. The lowest BCUT2D eigenvalue weighted by atomic mass is 10.1. The van der Waals surface area contributed by atoms with Gasteiger partial charge in [-0.2, -0.15) is 0 Å². The maximum Gasteiger partial charge on any atom is 0.257 e. The lowest BCUT2D eigenvalue weighted by Gasteiger charge is -2.13. The quantitative estimate of drug-likeness (QED) is 0.812. The highest BCUT2D eigenvalue weighted by molar-refractivity contribution is 6.30. The highest BCUT2D eigenvalue weighted by atomic mass is 35.5. The standard InChI is InChI=1S/C8H7ClF3NO/c9-3-1-4(6(13)8(11)12)7(14)5(10)2-3/h1-2,6,8,14H,13H2/t6-/m0/s1. The van der Waals surface area contributed by atoms with E-state index in [1.165, 1.54) is 0 Å². The third-order valence-corrected chi connectivity index (χ3v) is 1.91. The van der Waals surface area contributed by atoms with E-state index >= 15 is 0 Å². The average Bonchev–Trinajstić information content (AvgIpc) is 2.09. The van der Waals surface area contributed by atoms with Gasteiger partial charge in [-0.1, -0.05) is 11.6 Å². The van der Waals surface area contributed by atoms with E-state index in [0.29, 0.717) is 0 Å². The van der Waals surface area contributed by atoms with Gasteiger partial charge in [-0.3, -0.25) is 0 Å². The van der Waals surface area contributed by atoms with Crippen LogP contribution < -0.4 is 5.73 Å². The van der Waals surface area contributed by atoms with Gasteiger partial charge in [0.1, 0.15) is 0 Å². The van der Waals surface area contributed by atoms with Crippen LogP contribution in [-0.2, 0) is 0 Å². The van der Waals surface area contributed by atoms with Gasteiger partial charge in [-0.25, -0.2) is 13.2 Å². The van der Waals surface area contributed by atoms with Gasteiger partial charge in [0.2, 0.25) is 0 Å². The fourth-order valence-electron chi connectivity index (χ4n) is 0.976. The molecule has 0 heterocycles. The zero-order valence-corrected chi connectivity index (χ0v) is 7.60. The molecule has 0 radical (unpaired) electrons. The minimum atomic E-state index is -2.89. The Hall–Kier alpha value is -0.940. The fraction of sp³-hybridized carbons (Fsp3) is 0.250. The molecule has 0 saturated carbocycles. The molecule has 1 aromatic rings. The lowest BCUT2D eigenvalue weighted by molar-refractivity contribution is 0.115. The van der Waals surface area contributed by atoms with Crippen LogP contribution in [0.4, 0.5) is 13.2 Å². The molecule has 1 atom stereocenters. The summed E-state index contributed by atoms with van der Waals surface area (Å²) in [6.45, 7) is 0. The Morgan fingerprint density at radius 2 is 1.93 bits per heavy atom. The summed E-state index contributed by atoms with van der Waals surface area (Å²) >= 11 is 5.42. The van der Waals surface area contributed by atoms with Crippen molar-refractivity contribution in [1.82, 2.24) is 0 Å². The molecule has 0 spiro atoms. The minimum Gasteiger partial charge on any atom is -0.505 e. The van der Waals surface area contributed by atoms with Crippen LogP contribution in [-0.4, -0.2) is 11.5 Å². The first-order valence-corrected chi connectivity index (χ1v) is 4.03. The van der Waals surface area contributed by atoms with Crippen LogP contribution in [0.5, 0.6) is 5.75 Å². The van der Waals surface area contributed by atoms with Crippen LogP contribution in [0.3, 0.4) is 0 Å². The van der Waals surface area contributed by atoms with Gasteiger partial charge >= 0.3 is 0 Å². The zero-order chi connectivity index (χ0) is 10.9. The van der Waals surface area contributed by atoms with E-state index in [0.717, 1.165) is 12.1 Å². The number of benzene rings is 1. The lowest BCUT2D eigenvalue weighted by Crippen LogP contribution is -2.19. The Labute approximate surface area is 83.1 Å². The molecule has 0 amide bonds. The number of alkyl halides is 2. The molecule has 0 saturated heterocycles. The molecule has 0 fully saturated rings. The molecule has 1 rings (SSSR count). The Morgan fingerprint density at radius 3 is 2.43 bits per heavy atom. The predicted molar refractivity (Wildman–Crippen MR) is 46.0 cm³/mol. The second-order valence-electron chi connectivity index (χ2n) is 2.69. The van der Waals surface area contributed by atoms with Crippen molar-refractivity contribution in [2.24, 2.45) is 5.73 Å². The number of phenols is 1. The Kier molecular flexibility index (Phi) is 3.23. The summed E-state index contributed by atoms with van der Waals surface area (Å²) < 4.78 is 37.1. The first kappa shape index (κ1) is 11.1. The summed E-state index contributed by atoms with van der Waals surface area (Å²) in [5, 5.41) is 9.00. The molecule has 2 nitrogen and oxygen atoms in total. The highest BCUT2D eigenvalue weighted by Gasteiger charge is 2.23. The average molecular weight is 226 g/mol. The minimum absolute atomic E-state index is 0.0913. The van der Waals surface area contributed by atoms with E-state index in [2.05, 4.69) is 0 Å². The van der Waals surface area contributed by atoms with E-state index in [1.54, 1.807) is 0 Å². The Morgan fingerprint density at radius 1 is 1.36 bits per heavy atom. The summed E-state index contributed by atoms with van der Waals surface area (Å²) in [7, 11) is 0. The SMILES string of the molecule is N[C@@H](c1cc(Cl)cc(F)c1O)C(F)F. The molecule has 0 aromatic heterocycles. The highest BCUT2D eigenvalue weighted by Crippen LogP contribution is 2.31. The number of rotatable bonds is 2. The van der Waals surface area contributed by atoms with Crippen molar-refractivity contribution < 1.29 is 18.3 Å². The van der Waals surface area contributed by atoms with Crippen molar-refractivity contribution in [3.8, 4) is 5.75 Å². The number of hydrogen-bond donors (Lipinski definition) is 2. The molecule has 1 aromatic carbocycles. The normalized spacial score (nSPS) is 13.3. The van der Waals surface area contributed by atoms with Crippen molar-refractivity contribution in [3.63, 3.8) is 0 Å². The van der Waals surface area contributed by atoms with Gasteiger partial charge in [0, 0.05) is 10.6 Å². The second-order valence-corrected chi connectivity index (χ2v) is 3.12. The second kappa shape index (κ2) is 4.06. The van der Waals surface area contributed by atoms with Crippen LogP contribution in [0, 0.1) is 5.82 Å². The van der Waals surface area contributed by atoms with Crippen molar-refractivity contribution in [1.29, 1.82) is 0 Å². The molecule has 6 heteroatoms. The third kappa shape index (κ3) is 2.10. The third-order valence-electron chi connectivity index (χ3n) is 1.69. The molecule has 3 N–H and O–H groups in total. The largest absolute Gasteiger partial charge is 0.505 e. The molecular formula is C8H7ClF3NO. The Bertz CT molecular complexity index is 346. The predicted octanol–water partition coefficient (Wildman–Crippen LogP) is 2.45. The van der Waals surface area contributed by atoms with Crippen molar-refractivity contribution >= 4 is 11.6 Å². The fourth-order valence-corrected chi connectivity index (χ4v) is 1.19. The van der Waals surface area contributed by atoms with Crippen molar-refractivity contribution in [3.05, 3.63) is 28.5 Å². The maximum absolute atomic E-state index is 12.8. The van der Waals surface area contributed by atoms with Crippen molar-refractivity contribution in [2.45, 2.75) is 12.5 Å². The van der Waals surface area contributed by atoms with Crippen LogP contribution in [0.15, 0.2) is 12.1 Å². The number of phenolic OH excluding ortho intramolecular Hbond substituents is 1. The molecule has 78 valence electrons. The number of aromatic hydroxyl groups is 1. The first-order chi connectivity index (χ1) is 6.43. The summed E-state index contributed by atoms with van der Waals surface area (Å²) in [5.41, 5.74) is 4.64. The molecule has 0 unspecified atom stereocenters. The molecule has 14 heavy (non-hydrogen) atoms. The Balaban J connectivity index is 3.20. The molecule has 0 aliphatic heterocycles. The van der Waals surface area contributed by atoms with Crippen LogP contribution in [0.2, 0.25) is 5.02 Å². The van der Waals surface area contributed by atoms with Gasteiger partial charge in [-0.15, -0.1) is 0 Å². The van der Waals surface area contributed by atoms with E-state index in [1.807, 2.05) is 0 Å². The van der Waals surface area contributed by atoms with Crippen molar-refractivity contribution in [2.75, 3.05) is 0 Å². The van der Waals surface area contributed by atoms with Crippen LogP contribution >= 0.6 is 11.6 Å². The maximum atomic E-state index is 12.8. The molecule has 0 bridgehead atoms. The smallest absolute Gasteiger partial charge is 0.257 e.